The van der Waals surface area contributed by atoms with Crippen molar-refractivity contribution >= 4 is 41.2 Å². The molecular weight excluding hydrogens is 805 g/mol. The lowest BCUT2D eigenvalue weighted by atomic mass is 10.0. The van der Waals surface area contributed by atoms with Crippen molar-refractivity contribution in [2.24, 2.45) is 0 Å². The second kappa shape index (κ2) is 19.5. The molecule has 2 aliphatic heterocycles. The zero-order valence-corrected chi connectivity index (χ0v) is 37.7. The number of aryl methyl sites for hydroxylation is 1. The number of ether oxygens (including phenoxy) is 6. The molecule has 0 aliphatic carbocycles. The molecule has 2 fully saturated rings. The van der Waals surface area contributed by atoms with Gasteiger partial charge in [-0.05, 0) is 107 Å². The molecule has 4 N–H and O–H groups in total. The summed E-state index contributed by atoms with van der Waals surface area (Å²) in [6, 6.07) is 8.36. The standard InChI is InChI=1S/C43H64N8O11/c1-40(2,3)60-37(54)47-27(18-17-26-15-13-12-14-16-26)19-21-50(22-20-28(36(52)53)48-38(55)61-41(4,5)6)23-29-31-32(59-43(10,11)58-31)35(57-29)51-25-46-30-33(44-24-45-34(30)51)49-39(56)62-42(7,8)9/h12-16,24-25,27-29,31-32,35H,17-23H2,1-11H3,(H,47,54)(H,48,55)(H,52,53)(H,44,45,49,56)/t27?,28?,29-,31-,32-,35-/m1/s1. The summed E-state index contributed by atoms with van der Waals surface area (Å²) in [5.74, 6) is -2.05. The number of carbonyl (C=O) groups excluding carboxylic acids is 3. The third-order valence-corrected chi connectivity index (χ3v) is 9.68. The lowest BCUT2D eigenvalue weighted by molar-refractivity contribution is -0.198. The van der Waals surface area contributed by atoms with Crippen molar-refractivity contribution in [1.82, 2.24) is 35.1 Å². The molecule has 0 radical (unpaired) electrons. The minimum absolute atomic E-state index is 0.0202. The second-order valence-electron chi connectivity index (χ2n) is 19.1. The van der Waals surface area contributed by atoms with E-state index in [1.54, 1.807) is 66.9 Å². The largest absolute Gasteiger partial charge is 0.480 e. The quantitative estimate of drug-likeness (QED) is 0.118. The molecule has 0 spiro atoms. The zero-order chi connectivity index (χ0) is 45.6. The number of nitrogens with one attached hydrogen (secondary N) is 3. The summed E-state index contributed by atoms with van der Waals surface area (Å²) in [5, 5.41) is 18.4. The van der Waals surface area contributed by atoms with E-state index < -0.39 is 77.4 Å². The number of nitrogens with zero attached hydrogens (tertiary/aromatic N) is 5. The van der Waals surface area contributed by atoms with Crippen molar-refractivity contribution in [3.05, 3.63) is 48.5 Å². The van der Waals surface area contributed by atoms with E-state index in [2.05, 4.69) is 30.9 Å². The van der Waals surface area contributed by atoms with E-state index in [1.807, 2.05) is 49.1 Å². The van der Waals surface area contributed by atoms with Crippen LogP contribution in [0.4, 0.5) is 20.2 Å². The van der Waals surface area contributed by atoms with E-state index in [0.29, 0.717) is 37.0 Å². The fourth-order valence-electron chi connectivity index (χ4n) is 7.21. The normalized spacial score (nSPS) is 20.9. The summed E-state index contributed by atoms with van der Waals surface area (Å²) in [5.41, 5.74) is -0.494. The SMILES string of the molecule is CC(C)(C)OC(=O)Nc1ncnc2c1ncn2[C@@H]1O[C@H](CN(CCC(CCc2ccccc2)NC(=O)OC(C)(C)C)CCC(NC(=O)OC(C)(C)C)C(=O)O)[C@H]2OC(C)(C)O[C@H]21. The summed E-state index contributed by atoms with van der Waals surface area (Å²) in [7, 11) is 0. The van der Waals surface area contributed by atoms with Crippen molar-refractivity contribution < 1.29 is 52.7 Å². The summed E-state index contributed by atoms with van der Waals surface area (Å²) in [6.45, 7) is 20.2. The van der Waals surface area contributed by atoms with Crippen LogP contribution in [0.25, 0.3) is 11.2 Å². The first-order valence-corrected chi connectivity index (χ1v) is 21.0. The Morgan fingerprint density at radius 3 is 2.03 bits per heavy atom. The Labute approximate surface area is 362 Å². The molecule has 2 aliphatic rings. The molecule has 4 heterocycles. The number of carboxylic acids is 1. The molecule has 3 amide bonds. The summed E-state index contributed by atoms with van der Waals surface area (Å²) in [6.07, 6.45) is -0.0711. The van der Waals surface area contributed by atoms with Crippen molar-refractivity contribution in [2.75, 3.05) is 25.0 Å². The van der Waals surface area contributed by atoms with Crippen LogP contribution < -0.4 is 16.0 Å². The zero-order valence-electron chi connectivity index (χ0n) is 37.7. The molecule has 62 heavy (non-hydrogen) atoms. The van der Waals surface area contributed by atoms with Crippen LogP contribution in [-0.4, -0.2) is 126 Å². The number of hydrogen-bond acceptors (Lipinski definition) is 14. The number of alkyl carbamates (subject to hydrolysis) is 2. The van der Waals surface area contributed by atoms with Crippen LogP contribution in [0.2, 0.25) is 0 Å². The van der Waals surface area contributed by atoms with Gasteiger partial charge < -0.3 is 49.1 Å². The number of aromatic nitrogens is 4. The van der Waals surface area contributed by atoms with Crippen LogP contribution >= 0.6 is 0 Å². The van der Waals surface area contributed by atoms with Gasteiger partial charge in [0.25, 0.3) is 0 Å². The maximum Gasteiger partial charge on any atom is 0.413 e. The molecule has 2 saturated heterocycles. The molecule has 2 unspecified atom stereocenters. The molecule has 0 bridgehead atoms. The van der Waals surface area contributed by atoms with E-state index in [0.717, 1.165) is 5.56 Å². The molecule has 19 heteroatoms. The van der Waals surface area contributed by atoms with E-state index in [-0.39, 0.29) is 31.4 Å². The Bertz CT molecular complexity index is 2010. The number of carboxylic acid groups (broad SMARTS) is 1. The van der Waals surface area contributed by atoms with E-state index >= 15 is 0 Å². The van der Waals surface area contributed by atoms with Crippen LogP contribution in [-0.2, 0) is 39.6 Å². The lowest BCUT2D eigenvalue weighted by Gasteiger charge is -2.31. The smallest absolute Gasteiger partial charge is 0.413 e. The maximum absolute atomic E-state index is 13.1. The number of benzene rings is 1. The number of fused-ring (bicyclic) bond motifs is 2. The average Bonchev–Trinajstić information content (AvgIpc) is 3.80. The van der Waals surface area contributed by atoms with Gasteiger partial charge in [0.2, 0.25) is 0 Å². The van der Waals surface area contributed by atoms with Crippen LogP contribution in [0.3, 0.4) is 0 Å². The molecule has 5 rings (SSSR count). The van der Waals surface area contributed by atoms with Gasteiger partial charge in [0.15, 0.2) is 29.0 Å². The van der Waals surface area contributed by atoms with Gasteiger partial charge in [0.05, 0.1) is 6.33 Å². The second-order valence-corrected chi connectivity index (χ2v) is 19.1. The highest BCUT2D eigenvalue weighted by atomic mass is 16.8. The predicted octanol–water partition coefficient (Wildman–Crippen LogP) is 6.18. The topological polar surface area (TPSA) is 227 Å². The van der Waals surface area contributed by atoms with Crippen LogP contribution in [0.5, 0.6) is 0 Å². The molecule has 1 aromatic carbocycles. The van der Waals surface area contributed by atoms with Crippen molar-refractivity contribution in [1.29, 1.82) is 0 Å². The Morgan fingerprint density at radius 1 is 0.806 bits per heavy atom. The third-order valence-electron chi connectivity index (χ3n) is 9.68. The van der Waals surface area contributed by atoms with Crippen LogP contribution in [0, 0.1) is 0 Å². The Hall–Kier alpha value is -5.11. The molecule has 3 aromatic rings. The summed E-state index contributed by atoms with van der Waals surface area (Å²) >= 11 is 0. The number of imidazole rings is 1. The van der Waals surface area contributed by atoms with Gasteiger partial charge in [-0.3, -0.25) is 9.88 Å². The first-order chi connectivity index (χ1) is 28.8. The van der Waals surface area contributed by atoms with Gasteiger partial charge in [-0.2, -0.15) is 0 Å². The van der Waals surface area contributed by atoms with Gasteiger partial charge in [-0.15, -0.1) is 0 Å². The highest BCUT2D eigenvalue weighted by Crippen LogP contribution is 2.44. The number of anilines is 1. The Morgan fingerprint density at radius 2 is 1.40 bits per heavy atom. The fraction of sp³-hybridized carbons (Fsp3) is 0.651. The van der Waals surface area contributed by atoms with Gasteiger partial charge in [-0.25, -0.2) is 34.1 Å². The molecule has 19 nitrogen and oxygen atoms in total. The minimum atomic E-state index is -1.27. The molecule has 6 atom stereocenters. The molecule has 2 aromatic heterocycles. The highest BCUT2D eigenvalue weighted by Gasteiger charge is 2.56. The predicted molar refractivity (Wildman–Crippen MR) is 227 cm³/mol. The van der Waals surface area contributed by atoms with Gasteiger partial charge >= 0.3 is 24.2 Å². The number of carbonyl (C=O) groups is 4. The van der Waals surface area contributed by atoms with Crippen molar-refractivity contribution in [3.63, 3.8) is 0 Å². The Balaban J connectivity index is 1.41. The van der Waals surface area contributed by atoms with Gasteiger partial charge in [0.1, 0.15) is 47.5 Å². The van der Waals surface area contributed by atoms with Crippen LogP contribution in [0.1, 0.15) is 107 Å². The van der Waals surface area contributed by atoms with Gasteiger partial charge in [0, 0.05) is 25.7 Å². The number of hydrogen-bond donors (Lipinski definition) is 4. The van der Waals surface area contributed by atoms with Crippen LogP contribution in [0.15, 0.2) is 43.0 Å². The highest BCUT2D eigenvalue weighted by molar-refractivity contribution is 5.93. The Kier molecular flexibility index (Phi) is 15.1. The summed E-state index contributed by atoms with van der Waals surface area (Å²) < 4.78 is 37.8. The monoisotopic (exact) mass is 868 g/mol. The molecule has 342 valence electrons. The average molecular weight is 869 g/mol. The van der Waals surface area contributed by atoms with Gasteiger partial charge in [-0.1, -0.05) is 30.3 Å². The molecule has 0 saturated carbocycles. The molecular formula is C43H64N8O11. The lowest BCUT2D eigenvalue weighted by Crippen LogP contribution is -2.47. The van der Waals surface area contributed by atoms with Crippen molar-refractivity contribution in [2.45, 2.75) is 161 Å². The number of aliphatic carboxylic acids is 1. The first kappa shape index (κ1) is 47.9. The van der Waals surface area contributed by atoms with E-state index in [4.69, 9.17) is 28.4 Å². The van der Waals surface area contributed by atoms with E-state index in [1.165, 1.54) is 12.7 Å². The summed E-state index contributed by atoms with van der Waals surface area (Å²) in [4.78, 5) is 66.2. The minimum Gasteiger partial charge on any atom is -0.480 e. The fourth-order valence-corrected chi connectivity index (χ4v) is 7.21. The van der Waals surface area contributed by atoms with Crippen molar-refractivity contribution in [3.8, 4) is 0 Å². The van der Waals surface area contributed by atoms with E-state index in [9.17, 15) is 24.3 Å². The maximum atomic E-state index is 13.1. The number of rotatable bonds is 16. The first-order valence-electron chi connectivity index (χ1n) is 21.0. The third kappa shape index (κ3) is 14.2. The number of amides is 3.